The lowest BCUT2D eigenvalue weighted by atomic mass is 9.78. The summed E-state index contributed by atoms with van der Waals surface area (Å²) in [6.45, 7) is 18.0. The number of benzene rings is 9. The number of nitrogens with zero attached hydrogens (tertiary/aromatic N) is 2. The molecule has 10 N–H and O–H groups in total. The van der Waals surface area contributed by atoms with Crippen LogP contribution in [0, 0.1) is 34.6 Å². The monoisotopic (exact) mass is 1230 g/mol. The Hall–Kier alpha value is -7.37. The molecule has 10 rings (SSSR count). The van der Waals surface area contributed by atoms with Gasteiger partial charge in [0.2, 0.25) is 0 Å². The summed E-state index contributed by atoms with van der Waals surface area (Å²) in [5.41, 5.74) is 33.6. The first-order valence-electron chi connectivity index (χ1n) is 27.0. The van der Waals surface area contributed by atoms with Gasteiger partial charge in [0.05, 0.1) is 34.0 Å². The molecule has 0 atom stereocenters. The number of rotatable bonds is 9. The summed E-state index contributed by atoms with van der Waals surface area (Å²) in [5.74, 6) is 0. The van der Waals surface area contributed by atoms with E-state index in [1.807, 2.05) is 179 Å². The molecule has 0 amide bonds. The first kappa shape index (κ1) is 64.8. The quantitative estimate of drug-likeness (QED) is 0.0417. The summed E-state index contributed by atoms with van der Waals surface area (Å²) in [6, 6.07) is 68.7. The second-order valence-corrected chi connectivity index (χ2v) is 22.8. The number of nitrogens with two attached hydrogens (primary N) is 3. The molecule has 1 saturated heterocycles. The number of aryl methyl sites for hydroxylation is 5. The predicted octanol–water partition coefficient (Wildman–Crippen LogP) is 12.2. The van der Waals surface area contributed by atoms with Crippen molar-refractivity contribution < 1.29 is 29.4 Å². The van der Waals surface area contributed by atoms with Crippen LogP contribution in [0.5, 0.6) is 0 Å². The standard InChI is InChI=1S/C20H18BNO2.C20H16BrN.C13H20BNO2.C7H10BNO2.C7H8BrN/c1-15-14-18(21(23)24)12-13-19(15)22-20(16-8-4-2-5-9-16)17-10-6-3-7-11-17;1-15-14-18(21)12-13-19(15)22-20(16-8-4-2-5-9-16)17-10-6-3-7-11-17;1-9-8-10(6-7-11(9)15)14-16-12(2,3)13(4,5)17-14;1-5-4-6(8(10)11)2-3-7(5)9;1-5-4-6(8)2-3-7(5)9/h2-14,23-24H,1H3;2-14H,1H3;6-8H,15H2,1-5H3;2-4,10-11H,9H2,1H3;2-4H,9H2,1H3. The van der Waals surface area contributed by atoms with Crippen molar-refractivity contribution in [2.24, 2.45) is 9.98 Å². The smallest absolute Gasteiger partial charge is 0.423 e. The fourth-order valence-corrected chi connectivity index (χ4v) is 9.20. The van der Waals surface area contributed by atoms with Gasteiger partial charge in [-0.2, -0.15) is 0 Å². The first-order valence-corrected chi connectivity index (χ1v) is 28.6. The van der Waals surface area contributed by atoms with E-state index in [1.165, 1.54) is 0 Å². The second kappa shape index (κ2) is 30.3. The minimum Gasteiger partial charge on any atom is -0.423 e. The van der Waals surface area contributed by atoms with E-state index < -0.39 is 14.2 Å². The second-order valence-electron chi connectivity index (χ2n) is 20.9. The highest BCUT2D eigenvalue weighted by atomic mass is 79.9. The van der Waals surface area contributed by atoms with Crippen molar-refractivity contribution in [3.63, 3.8) is 0 Å². The highest BCUT2D eigenvalue weighted by molar-refractivity contribution is 9.10. The molecule has 16 heteroatoms. The third-order valence-electron chi connectivity index (χ3n) is 14.0. The largest absolute Gasteiger partial charge is 0.494 e. The molecule has 0 saturated carbocycles. The van der Waals surface area contributed by atoms with Crippen molar-refractivity contribution in [1.29, 1.82) is 0 Å². The summed E-state index contributed by atoms with van der Waals surface area (Å²) in [5, 5.41) is 36.1. The molecule has 0 radical (unpaired) electrons. The van der Waals surface area contributed by atoms with E-state index >= 15 is 0 Å². The Labute approximate surface area is 507 Å². The van der Waals surface area contributed by atoms with E-state index in [2.05, 4.69) is 96.8 Å². The molecule has 11 nitrogen and oxygen atoms in total. The number of hydrogen-bond acceptors (Lipinski definition) is 11. The van der Waals surface area contributed by atoms with Crippen LogP contribution in [0.3, 0.4) is 0 Å². The molecule has 83 heavy (non-hydrogen) atoms. The van der Waals surface area contributed by atoms with Crippen LogP contribution in [0.25, 0.3) is 0 Å². The number of halogens is 2. The molecule has 0 bridgehead atoms. The number of hydrogen-bond donors (Lipinski definition) is 7. The van der Waals surface area contributed by atoms with Gasteiger partial charge in [-0.25, -0.2) is 9.98 Å². The topological polar surface area (TPSA) is 202 Å². The molecule has 9 aromatic rings. The molecular formula is C67H72B3Br2N5O6. The molecule has 0 aromatic heterocycles. The molecule has 0 unspecified atom stereocenters. The van der Waals surface area contributed by atoms with Crippen LogP contribution in [0.1, 0.15) is 77.8 Å². The summed E-state index contributed by atoms with van der Waals surface area (Å²) < 4.78 is 14.1. The van der Waals surface area contributed by atoms with E-state index in [0.29, 0.717) is 16.6 Å². The summed E-state index contributed by atoms with van der Waals surface area (Å²) in [7, 11) is -3.18. The maximum absolute atomic E-state index is 9.30. The third-order valence-corrected chi connectivity index (χ3v) is 15.0. The van der Waals surface area contributed by atoms with Crippen LogP contribution in [0.15, 0.2) is 231 Å². The highest BCUT2D eigenvalue weighted by Gasteiger charge is 2.51. The van der Waals surface area contributed by atoms with Gasteiger partial charge >= 0.3 is 21.4 Å². The Balaban J connectivity index is 0.000000174. The van der Waals surface area contributed by atoms with Crippen LogP contribution < -0.4 is 33.6 Å². The van der Waals surface area contributed by atoms with Gasteiger partial charge in [-0.15, -0.1) is 0 Å². The van der Waals surface area contributed by atoms with E-state index in [-0.39, 0.29) is 18.3 Å². The normalized spacial score (nSPS) is 12.5. The predicted molar refractivity (Wildman–Crippen MR) is 356 cm³/mol. The average molecular weight is 1240 g/mol. The van der Waals surface area contributed by atoms with Crippen LogP contribution in [0.2, 0.25) is 0 Å². The van der Waals surface area contributed by atoms with Crippen molar-refractivity contribution in [2.45, 2.75) is 73.5 Å². The Kier molecular flexibility index (Phi) is 23.6. The Bertz CT molecular complexity index is 3520. The van der Waals surface area contributed by atoms with Gasteiger partial charge in [0.25, 0.3) is 0 Å². The SMILES string of the molecule is Cc1cc(B(O)O)ccc1N.Cc1cc(B(O)O)ccc1N=C(c1ccccc1)c1ccccc1.Cc1cc(B2OC(C)(C)C(C)(C)O2)ccc1N.Cc1cc(Br)ccc1N.Cc1cc(Br)ccc1N=C(c1ccccc1)c1ccccc1. The number of anilines is 3. The van der Waals surface area contributed by atoms with Crippen LogP contribution in [-0.4, -0.2) is 64.1 Å². The maximum atomic E-state index is 9.30. The lowest BCUT2D eigenvalue weighted by Gasteiger charge is -2.32. The van der Waals surface area contributed by atoms with Crippen molar-refractivity contribution in [1.82, 2.24) is 0 Å². The molecule has 9 aromatic carbocycles. The summed E-state index contributed by atoms with van der Waals surface area (Å²) >= 11 is 6.84. The van der Waals surface area contributed by atoms with Crippen LogP contribution >= 0.6 is 31.9 Å². The summed E-state index contributed by atoms with van der Waals surface area (Å²) in [6.07, 6.45) is 0. The fourth-order valence-electron chi connectivity index (χ4n) is 8.25. The summed E-state index contributed by atoms with van der Waals surface area (Å²) in [4.78, 5) is 9.79. The van der Waals surface area contributed by atoms with Crippen molar-refractivity contribution in [3.8, 4) is 0 Å². The van der Waals surface area contributed by atoms with Crippen molar-refractivity contribution in [3.05, 3.63) is 271 Å². The van der Waals surface area contributed by atoms with Gasteiger partial charge in [0.15, 0.2) is 0 Å². The fraction of sp³-hybridized carbons (Fsp3) is 0.164. The lowest BCUT2D eigenvalue weighted by Crippen LogP contribution is -2.41. The van der Waals surface area contributed by atoms with Gasteiger partial charge in [-0.05, 0) is 161 Å². The molecule has 0 spiro atoms. The Morgan fingerprint density at radius 3 is 1.04 bits per heavy atom. The van der Waals surface area contributed by atoms with Crippen molar-refractivity contribution >= 4 is 109 Å². The minimum absolute atomic E-state index is 0.299. The van der Waals surface area contributed by atoms with Crippen LogP contribution in [0.4, 0.5) is 28.4 Å². The van der Waals surface area contributed by atoms with E-state index in [4.69, 9.17) is 46.5 Å². The first-order chi connectivity index (χ1) is 39.4. The zero-order valence-electron chi connectivity index (χ0n) is 48.4. The van der Waals surface area contributed by atoms with Gasteiger partial charge in [0.1, 0.15) is 0 Å². The number of aliphatic imine (C=N–C) groups is 2. The molecule has 1 aliphatic rings. The zero-order chi connectivity index (χ0) is 60.4. The van der Waals surface area contributed by atoms with Crippen LogP contribution in [-0.2, 0) is 9.31 Å². The van der Waals surface area contributed by atoms with Gasteiger partial charge in [-0.1, -0.05) is 190 Å². The maximum Gasteiger partial charge on any atom is 0.494 e. The van der Waals surface area contributed by atoms with E-state index in [9.17, 15) is 10.0 Å². The third kappa shape index (κ3) is 18.8. The molecule has 1 fully saturated rings. The molecule has 1 aliphatic heterocycles. The molecule has 0 aliphatic carbocycles. The lowest BCUT2D eigenvalue weighted by molar-refractivity contribution is 0.00578. The van der Waals surface area contributed by atoms with Crippen molar-refractivity contribution in [2.75, 3.05) is 17.2 Å². The zero-order valence-corrected chi connectivity index (χ0v) is 51.6. The number of nitrogen functional groups attached to an aromatic ring is 3. The van der Waals surface area contributed by atoms with Gasteiger partial charge < -0.3 is 46.6 Å². The van der Waals surface area contributed by atoms with Gasteiger partial charge in [0, 0.05) is 48.3 Å². The molecule has 424 valence electrons. The van der Waals surface area contributed by atoms with Gasteiger partial charge in [-0.3, -0.25) is 0 Å². The Morgan fingerprint density at radius 2 is 0.699 bits per heavy atom. The average Bonchev–Trinajstić information content (AvgIpc) is 3.78. The Morgan fingerprint density at radius 1 is 0.398 bits per heavy atom. The molecular weight excluding hydrogens is 1160 g/mol. The van der Waals surface area contributed by atoms with E-state index in [1.54, 1.807) is 30.3 Å². The minimum atomic E-state index is -1.47. The highest BCUT2D eigenvalue weighted by Crippen LogP contribution is 2.36. The molecule has 1 heterocycles. The van der Waals surface area contributed by atoms with E-state index in [0.717, 1.165) is 98.7 Å².